The number of nitrogens with zero attached hydrogens (tertiary/aromatic N) is 3. The second-order valence-electron chi connectivity index (χ2n) is 7.77. The Kier molecular flexibility index (Phi) is 4.50. The van der Waals surface area contributed by atoms with Gasteiger partial charge in [0.05, 0.1) is 10.9 Å². The van der Waals surface area contributed by atoms with Crippen LogP contribution in [0.25, 0.3) is 27.8 Å². The molecule has 4 N–H and O–H groups in total. The minimum Gasteiger partial charge on any atom is -0.369 e. The largest absolute Gasteiger partial charge is 0.369 e. The molecule has 1 aromatic carbocycles. The highest BCUT2D eigenvalue weighted by atomic mass is 16.2. The zero-order chi connectivity index (χ0) is 21.5. The lowest BCUT2D eigenvalue weighted by Gasteiger charge is -2.14. The summed E-state index contributed by atoms with van der Waals surface area (Å²) in [4.78, 5) is 48.2. The molecule has 1 aliphatic carbocycles. The third-order valence-corrected chi connectivity index (χ3v) is 5.65. The van der Waals surface area contributed by atoms with Crippen molar-refractivity contribution in [2.75, 3.05) is 0 Å². The third kappa shape index (κ3) is 3.43. The molecule has 0 bridgehead atoms. The van der Waals surface area contributed by atoms with Gasteiger partial charge in [-0.05, 0) is 54.0 Å². The number of amides is 2. The molecule has 5 rings (SSSR count). The van der Waals surface area contributed by atoms with Gasteiger partial charge >= 0.3 is 0 Å². The maximum Gasteiger partial charge on any atom is 0.256 e. The first kappa shape index (κ1) is 19.0. The Hall–Kier alpha value is -4.01. The van der Waals surface area contributed by atoms with Gasteiger partial charge in [0.15, 0.2) is 5.82 Å². The highest BCUT2D eigenvalue weighted by molar-refractivity contribution is 6.00. The van der Waals surface area contributed by atoms with Gasteiger partial charge < -0.3 is 16.0 Å². The summed E-state index contributed by atoms with van der Waals surface area (Å²) in [6.45, 7) is 0.264. The van der Waals surface area contributed by atoms with Crippen LogP contribution in [0.3, 0.4) is 0 Å². The van der Waals surface area contributed by atoms with Gasteiger partial charge in [0.25, 0.3) is 5.56 Å². The summed E-state index contributed by atoms with van der Waals surface area (Å²) in [6.07, 6.45) is 4.87. The fourth-order valence-electron chi connectivity index (χ4n) is 3.97. The predicted molar refractivity (Wildman–Crippen MR) is 114 cm³/mol. The monoisotopic (exact) mass is 416 g/mol. The number of nitrogens with two attached hydrogens (primary N) is 1. The summed E-state index contributed by atoms with van der Waals surface area (Å²) in [7, 11) is 0. The minimum atomic E-state index is -0.771. The zero-order valence-electron chi connectivity index (χ0n) is 16.5. The Balaban J connectivity index is 1.47. The summed E-state index contributed by atoms with van der Waals surface area (Å²) < 4.78 is 1.55. The molecule has 1 saturated carbocycles. The summed E-state index contributed by atoms with van der Waals surface area (Å²) in [6, 6.07) is 10.6. The van der Waals surface area contributed by atoms with Crippen LogP contribution in [-0.4, -0.2) is 31.3 Å². The molecular weight excluding hydrogens is 396 g/mol. The van der Waals surface area contributed by atoms with Crippen LogP contribution in [0.4, 0.5) is 0 Å². The van der Waals surface area contributed by atoms with E-state index in [1.807, 2.05) is 24.3 Å². The molecule has 9 heteroatoms. The van der Waals surface area contributed by atoms with Crippen molar-refractivity contribution in [3.05, 3.63) is 64.8 Å². The van der Waals surface area contributed by atoms with Crippen LogP contribution in [-0.2, 0) is 16.1 Å². The molecule has 1 aliphatic rings. The molecule has 0 radical (unpaired) electrons. The predicted octanol–water partition coefficient (Wildman–Crippen LogP) is 1.39. The maximum atomic E-state index is 12.7. The molecular formula is C22H20N6O3. The molecule has 4 aromatic rings. The van der Waals surface area contributed by atoms with Gasteiger partial charge in [-0.25, -0.2) is 9.97 Å². The summed E-state index contributed by atoms with van der Waals surface area (Å²) >= 11 is 0. The standard InChI is InChI=1S/C22H20N6O3/c23-19(30)18(13-2-3-13)22(31)25-10-12-1-5-16-14(9-12)4-6-17(29)28(16)21-15-7-8-24-20(15)26-11-27-21/h1,4-9,11,13,18H,2-3,10H2,(H2,23,30)(H,25,31)(H,24,26,27). The van der Waals surface area contributed by atoms with E-state index < -0.39 is 11.8 Å². The van der Waals surface area contributed by atoms with Crippen LogP contribution in [0.15, 0.2) is 53.7 Å². The second kappa shape index (κ2) is 7.35. The van der Waals surface area contributed by atoms with Crippen molar-refractivity contribution in [2.24, 2.45) is 17.6 Å². The number of aromatic nitrogens is 4. The summed E-state index contributed by atoms with van der Waals surface area (Å²) in [5.74, 6) is -1.13. The number of hydrogen-bond donors (Lipinski definition) is 3. The number of nitrogens with one attached hydrogen (secondary N) is 2. The smallest absolute Gasteiger partial charge is 0.256 e. The van der Waals surface area contributed by atoms with Crippen LogP contribution in [0.1, 0.15) is 18.4 Å². The fraction of sp³-hybridized carbons (Fsp3) is 0.227. The lowest BCUT2D eigenvalue weighted by atomic mass is 10.0. The quantitative estimate of drug-likeness (QED) is 0.408. The van der Waals surface area contributed by atoms with Gasteiger partial charge in [0, 0.05) is 18.8 Å². The number of aromatic amines is 1. The normalized spacial score (nSPS) is 14.6. The number of pyridine rings is 1. The van der Waals surface area contributed by atoms with Crippen molar-refractivity contribution in [1.29, 1.82) is 0 Å². The number of H-pyrrole nitrogens is 1. The van der Waals surface area contributed by atoms with Crippen molar-refractivity contribution < 1.29 is 9.59 Å². The SMILES string of the molecule is NC(=O)C(C(=O)NCc1ccc2c(ccc(=O)n2-c2ncnc3[nH]ccc23)c1)C1CC1. The van der Waals surface area contributed by atoms with Crippen molar-refractivity contribution in [3.8, 4) is 5.82 Å². The molecule has 0 spiro atoms. The van der Waals surface area contributed by atoms with Gasteiger partial charge in [0.1, 0.15) is 17.9 Å². The molecule has 1 unspecified atom stereocenters. The van der Waals surface area contributed by atoms with Crippen LogP contribution < -0.4 is 16.6 Å². The second-order valence-corrected chi connectivity index (χ2v) is 7.77. The Labute approximate surface area is 176 Å². The molecule has 3 heterocycles. The minimum absolute atomic E-state index is 0.0571. The summed E-state index contributed by atoms with van der Waals surface area (Å²) in [5.41, 5.74) is 7.37. The Morgan fingerprint density at radius 3 is 2.81 bits per heavy atom. The zero-order valence-corrected chi connectivity index (χ0v) is 16.5. The van der Waals surface area contributed by atoms with E-state index in [0.29, 0.717) is 17.0 Å². The van der Waals surface area contributed by atoms with Crippen LogP contribution >= 0.6 is 0 Å². The highest BCUT2D eigenvalue weighted by Gasteiger charge is 2.39. The first-order chi connectivity index (χ1) is 15.0. The average molecular weight is 416 g/mol. The molecule has 3 aromatic heterocycles. The highest BCUT2D eigenvalue weighted by Crippen LogP contribution is 2.36. The van der Waals surface area contributed by atoms with E-state index in [2.05, 4.69) is 20.3 Å². The topological polar surface area (TPSA) is 136 Å². The van der Waals surface area contributed by atoms with Crippen molar-refractivity contribution in [3.63, 3.8) is 0 Å². The average Bonchev–Trinajstić information content (AvgIpc) is 3.45. The Morgan fingerprint density at radius 1 is 1.19 bits per heavy atom. The van der Waals surface area contributed by atoms with Gasteiger partial charge in [-0.15, -0.1) is 0 Å². The van der Waals surface area contributed by atoms with Crippen molar-refractivity contribution in [2.45, 2.75) is 19.4 Å². The molecule has 1 fully saturated rings. The van der Waals surface area contributed by atoms with E-state index in [1.165, 1.54) is 12.4 Å². The first-order valence-electron chi connectivity index (χ1n) is 10.0. The lowest BCUT2D eigenvalue weighted by Crippen LogP contribution is -2.39. The molecule has 156 valence electrons. The van der Waals surface area contributed by atoms with Gasteiger partial charge in [-0.1, -0.05) is 6.07 Å². The number of rotatable bonds is 6. The first-order valence-corrected chi connectivity index (χ1v) is 10.0. The third-order valence-electron chi connectivity index (χ3n) is 5.65. The number of fused-ring (bicyclic) bond motifs is 2. The lowest BCUT2D eigenvalue weighted by molar-refractivity contribution is -0.134. The van der Waals surface area contributed by atoms with E-state index in [-0.39, 0.29) is 23.9 Å². The number of hydrogen-bond acceptors (Lipinski definition) is 5. The summed E-state index contributed by atoms with van der Waals surface area (Å²) in [5, 5.41) is 4.38. The van der Waals surface area contributed by atoms with Gasteiger partial charge in [-0.2, -0.15) is 0 Å². The van der Waals surface area contributed by atoms with Crippen molar-refractivity contribution >= 4 is 33.8 Å². The number of benzene rings is 1. The van der Waals surface area contributed by atoms with E-state index in [1.54, 1.807) is 16.8 Å². The van der Waals surface area contributed by atoms with E-state index in [9.17, 15) is 14.4 Å². The van der Waals surface area contributed by atoms with Crippen molar-refractivity contribution in [1.82, 2.24) is 24.8 Å². The van der Waals surface area contributed by atoms with Gasteiger partial charge in [0.2, 0.25) is 11.8 Å². The molecule has 0 aliphatic heterocycles. The fourth-order valence-corrected chi connectivity index (χ4v) is 3.97. The van der Waals surface area contributed by atoms with E-state index >= 15 is 0 Å². The number of carbonyl (C=O) groups excluding carboxylic acids is 2. The van der Waals surface area contributed by atoms with E-state index in [4.69, 9.17) is 5.73 Å². The number of carbonyl (C=O) groups is 2. The molecule has 31 heavy (non-hydrogen) atoms. The van der Waals surface area contributed by atoms with Gasteiger partial charge in [-0.3, -0.25) is 19.0 Å². The molecule has 0 saturated heterocycles. The Bertz CT molecular complexity index is 1390. The number of primary amides is 1. The van der Waals surface area contributed by atoms with Crippen LogP contribution in [0.2, 0.25) is 0 Å². The molecule has 1 atom stereocenters. The van der Waals surface area contributed by atoms with Crippen LogP contribution in [0.5, 0.6) is 0 Å². The molecule has 2 amide bonds. The Morgan fingerprint density at radius 2 is 2.03 bits per heavy atom. The van der Waals surface area contributed by atoms with Crippen LogP contribution in [0, 0.1) is 11.8 Å². The van der Waals surface area contributed by atoms with E-state index in [0.717, 1.165) is 29.2 Å². The maximum absolute atomic E-state index is 12.7. The molecule has 9 nitrogen and oxygen atoms in total.